The third-order valence-electron chi connectivity index (χ3n) is 5.04. The van der Waals surface area contributed by atoms with Gasteiger partial charge in [-0.1, -0.05) is 51.4 Å². The van der Waals surface area contributed by atoms with Gasteiger partial charge >= 0.3 is 0 Å². The number of hydrazine groups is 1. The number of hydrogen-bond donors (Lipinski definition) is 2. The summed E-state index contributed by atoms with van der Waals surface area (Å²) in [6.45, 7) is 0. The Morgan fingerprint density at radius 3 is 2.06 bits per heavy atom. The van der Waals surface area contributed by atoms with Crippen molar-refractivity contribution in [2.24, 2.45) is 17.7 Å². The summed E-state index contributed by atoms with van der Waals surface area (Å²) in [5.74, 6) is 7.63. The van der Waals surface area contributed by atoms with Crippen LogP contribution in [0.15, 0.2) is 0 Å². The van der Waals surface area contributed by atoms with E-state index in [-0.39, 0.29) is 0 Å². The van der Waals surface area contributed by atoms with Gasteiger partial charge in [-0.05, 0) is 37.5 Å². The molecule has 2 aliphatic carbocycles. The molecule has 0 heterocycles. The Labute approximate surface area is 107 Å². The fraction of sp³-hybridized carbons (Fsp3) is 1.00. The first kappa shape index (κ1) is 13.4. The number of rotatable bonds is 5. The highest BCUT2D eigenvalue weighted by molar-refractivity contribution is 4.79. The molecule has 0 aromatic carbocycles. The van der Waals surface area contributed by atoms with Crippen LogP contribution in [0.4, 0.5) is 0 Å². The van der Waals surface area contributed by atoms with Crippen molar-refractivity contribution in [1.82, 2.24) is 5.43 Å². The zero-order valence-corrected chi connectivity index (χ0v) is 11.3. The van der Waals surface area contributed by atoms with Gasteiger partial charge in [0.1, 0.15) is 0 Å². The van der Waals surface area contributed by atoms with Crippen molar-refractivity contribution in [3.05, 3.63) is 0 Å². The summed E-state index contributed by atoms with van der Waals surface area (Å²) >= 11 is 0. The Kier molecular flexibility index (Phi) is 5.79. The molecule has 2 aliphatic rings. The number of hydrogen-bond acceptors (Lipinski definition) is 2. The van der Waals surface area contributed by atoms with E-state index < -0.39 is 0 Å². The number of nitrogens with one attached hydrogen (secondary N) is 1. The van der Waals surface area contributed by atoms with Crippen LogP contribution >= 0.6 is 0 Å². The maximum absolute atomic E-state index is 5.77. The molecule has 2 rings (SSSR count). The normalized spacial score (nSPS) is 25.9. The van der Waals surface area contributed by atoms with E-state index in [1.54, 1.807) is 0 Å². The van der Waals surface area contributed by atoms with Crippen molar-refractivity contribution in [2.45, 2.75) is 83.1 Å². The minimum absolute atomic E-state index is 0.595. The Morgan fingerprint density at radius 1 is 0.882 bits per heavy atom. The van der Waals surface area contributed by atoms with Gasteiger partial charge in [0.25, 0.3) is 0 Å². The van der Waals surface area contributed by atoms with Gasteiger partial charge in [0.2, 0.25) is 0 Å². The molecule has 1 atom stereocenters. The average molecular weight is 238 g/mol. The predicted octanol–water partition coefficient (Wildman–Crippen LogP) is 3.76. The third kappa shape index (κ3) is 4.26. The first-order valence-corrected chi connectivity index (χ1v) is 7.86. The molecule has 3 N–H and O–H groups in total. The zero-order chi connectivity index (χ0) is 11.9. The van der Waals surface area contributed by atoms with E-state index in [2.05, 4.69) is 5.43 Å². The molecule has 0 aromatic rings. The monoisotopic (exact) mass is 238 g/mol. The van der Waals surface area contributed by atoms with E-state index >= 15 is 0 Å². The molecule has 0 amide bonds. The van der Waals surface area contributed by atoms with Crippen LogP contribution in [-0.4, -0.2) is 6.04 Å². The van der Waals surface area contributed by atoms with Crippen molar-refractivity contribution >= 4 is 0 Å². The summed E-state index contributed by atoms with van der Waals surface area (Å²) in [6, 6.07) is 0.595. The van der Waals surface area contributed by atoms with Gasteiger partial charge in [-0.25, -0.2) is 0 Å². The molecule has 2 nitrogen and oxygen atoms in total. The van der Waals surface area contributed by atoms with Crippen LogP contribution in [0.5, 0.6) is 0 Å². The van der Waals surface area contributed by atoms with E-state index in [9.17, 15) is 0 Å². The Hall–Kier alpha value is -0.0800. The summed E-state index contributed by atoms with van der Waals surface area (Å²) in [7, 11) is 0. The lowest BCUT2D eigenvalue weighted by atomic mass is 9.79. The molecular formula is C15H30N2. The molecule has 0 aromatic heterocycles. The highest BCUT2D eigenvalue weighted by Crippen LogP contribution is 2.31. The van der Waals surface area contributed by atoms with Crippen LogP contribution in [0.25, 0.3) is 0 Å². The van der Waals surface area contributed by atoms with Crippen molar-refractivity contribution in [3.63, 3.8) is 0 Å². The van der Waals surface area contributed by atoms with Crippen molar-refractivity contribution in [3.8, 4) is 0 Å². The molecule has 1 unspecified atom stereocenters. The molecule has 0 bridgehead atoms. The highest BCUT2D eigenvalue weighted by atomic mass is 15.2. The van der Waals surface area contributed by atoms with Crippen LogP contribution in [0.2, 0.25) is 0 Å². The van der Waals surface area contributed by atoms with Crippen LogP contribution in [0, 0.1) is 11.8 Å². The third-order valence-corrected chi connectivity index (χ3v) is 5.04. The SMILES string of the molecule is NNC(CCC1CCCCC1)C1CCCCC1. The quantitative estimate of drug-likeness (QED) is 0.565. The first-order chi connectivity index (χ1) is 8.40. The molecule has 2 heteroatoms. The molecule has 0 aliphatic heterocycles. The standard InChI is InChI=1S/C15H30N2/c16-17-15(14-9-5-2-6-10-14)12-11-13-7-3-1-4-8-13/h13-15,17H,1-12,16H2. The fourth-order valence-electron chi connectivity index (χ4n) is 3.88. The van der Waals surface area contributed by atoms with E-state index in [1.165, 1.54) is 77.0 Å². The van der Waals surface area contributed by atoms with Crippen LogP contribution in [0.1, 0.15) is 77.0 Å². The van der Waals surface area contributed by atoms with Gasteiger partial charge in [-0.15, -0.1) is 0 Å². The summed E-state index contributed by atoms with van der Waals surface area (Å²) in [5.41, 5.74) is 3.11. The van der Waals surface area contributed by atoms with E-state index in [1.807, 2.05) is 0 Å². The molecule has 17 heavy (non-hydrogen) atoms. The van der Waals surface area contributed by atoms with Crippen molar-refractivity contribution in [1.29, 1.82) is 0 Å². The van der Waals surface area contributed by atoms with Gasteiger partial charge < -0.3 is 0 Å². The van der Waals surface area contributed by atoms with E-state index in [0.717, 1.165) is 11.8 Å². The molecule has 2 fully saturated rings. The second-order valence-electron chi connectivity index (χ2n) is 6.25. The zero-order valence-electron chi connectivity index (χ0n) is 11.3. The highest BCUT2D eigenvalue weighted by Gasteiger charge is 2.23. The minimum atomic E-state index is 0.595. The lowest BCUT2D eigenvalue weighted by molar-refractivity contribution is 0.234. The molecule has 0 spiro atoms. The number of nitrogens with two attached hydrogens (primary N) is 1. The second kappa shape index (κ2) is 7.38. The van der Waals surface area contributed by atoms with Crippen molar-refractivity contribution < 1.29 is 0 Å². The average Bonchev–Trinajstić information content (AvgIpc) is 2.42. The lowest BCUT2D eigenvalue weighted by Gasteiger charge is -2.31. The minimum Gasteiger partial charge on any atom is -0.271 e. The van der Waals surface area contributed by atoms with Crippen LogP contribution in [-0.2, 0) is 0 Å². The molecule has 2 saturated carbocycles. The van der Waals surface area contributed by atoms with Gasteiger partial charge in [0.05, 0.1) is 0 Å². The maximum atomic E-state index is 5.77. The van der Waals surface area contributed by atoms with E-state index in [4.69, 9.17) is 5.84 Å². The maximum Gasteiger partial charge on any atom is 0.0238 e. The Morgan fingerprint density at radius 2 is 1.47 bits per heavy atom. The predicted molar refractivity (Wildman–Crippen MR) is 73.5 cm³/mol. The molecule has 100 valence electrons. The van der Waals surface area contributed by atoms with Gasteiger partial charge in [0, 0.05) is 6.04 Å². The first-order valence-electron chi connectivity index (χ1n) is 7.86. The van der Waals surface area contributed by atoms with Crippen molar-refractivity contribution in [2.75, 3.05) is 0 Å². The topological polar surface area (TPSA) is 38.0 Å². The molecular weight excluding hydrogens is 208 g/mol. The Balaban J connectivity index is 1.70. The fourth-order valence-corrected chi connectivity index (χ4v) is 3.88. The van der Waals surface area contributed by atoms with Crippen LogP contribution < -0.4 is 11.3 Å². The summed E-state index contributed by atoms with van der Waals surface area (Å²) in [6.07, 6.45) is 17.2. The summed E-state index contributed by atoms with van der Waals surface area (Å²) < 4.78 is 0. The molecule has 0 radical (unpaired) electrons. The lowest BCUT2D eigenvalue weighted by Crippen LogP contribution is -2.42. The summed E-state index contributed by atoms with van der Waals surface area (Å²) in [5, 5.41) is 0. The van der Waals surface area contributed by atoms with Gasteiger partial charge in [-0.2, -0.15) is 0 Å². The van der Waals surface area contributed by atoms with E-state index in [0.29, 0.717) is 6.04 Å². The second-order valence-corrected chi connectivity index (χ2v) is 6.25. The molecule has 0 saturated heterocycles. The van der Waals surface area contributed by atoms with Gasteiger partial charge in [-0.3, -0.25) is 11.3 Å². The summed E-state index contributed by atoms with van der Waals surface area (Å²) in [4.78, 5) is 0. The van der Waals surface area contributed by atoms with Gasteiger partial charge in [0.15, 0.2) is 0 Å². The smallest absolute Gasteiger partial charge is 0.0238 e. The van der Waals surface area contributed by atoms with Crippen LogP contribution in [0.3, 0.4) is 0 Å². The largest absolute Gasteiger partial charge is 0.271 e. The Bertz CT molecular complexity index is 193.